The molecule has 1 aromatic heterocycles. The molecule has 0 bridgehead atoms. The van der Waals surface area contributed by atoms with E-state index >= 15 is 0 Å². The predicted octanol–water partition coefficient (Wildman–Crippen LogP) is 3.42. The first-order valence-corrected chi connectivity index (χ1v) is 12.3. The van der Waals surface area contributed by atoms with Crippen molar-refractivity contribution < 1.29 is 13.2 Å². The number of fused-ring (bicyclic) bond motifs is 1. The van der Waals surface area contributed by atoms with Gasteiger partial charge in [-0.15, -0.1) is 0 Å². The molecule has 0 saturated carbocycles. The van der Waals surface area contributed by atoms with Crippen LogP contribution in [0.2, 0.25) is 0 Å². The first-order valence-electron chi connectivity index (χ1n) is 10.9. The molecule has 1 fully saturated rings. The number of benzene rings is 2. The van der Waals surface area contributed by atoms with Gasteiger partial charge in [0.05, 0.1) is 10.8 Å². The summed E-state index contributed by atoms with van der Waals surface area (Å²) in [5.41, 5.74) is 2.19. The fraction of sp³-hybridized carbons (Fsp3) is 0.375. The van der Waals surface area contributed by atoms with Crippen LogP contribution in [0.3, 0.4) is 0 Å². The minimum absolute atomic E-state index is 0.0636. The third-order valence-electron chi connectivity index (χ3n) is 6.03. The minimum atomic E-state index is -3.64. The van der Waals surface area contributed by atoms with Crippen molar-refractivity contribution in [1.29, 1.82) is 0 Å². The molecule has 3 aromatic rings. The van der Waals surface area contributed by atoms with Gasteiger partial charge in [0.2, 0.25) is 15.9 Å². The van der Waals surface area contributed by atoms with E-state index in [1.807, 2.05) is 48.7 Å². The maximum Gasteiger partial charge on any atom is 0.243 e. The number of nitrogens with zero attached hydrogens (tertiary/aromatic N) is 2. The topological polar surface area (TPSA) is 71.4 Å². The summed E-state index contributed by atoms with van der Waals surface area (Å²) in [6, 6.07) is 17.2. The lowest BCUT2D eigenvalue weighted by Gasteiger charge is -2.31. The molecule has 2 heterocycles. The highest BCUT2D eigenvalue weighted by atomic mass is 32.2. The van der Waals surface area contributed by atoms with Gasteiger partial charge in [0, 0.05) is 43.3 Å². The molecule has 1 N–H and O–H groups in total. The zero-order valence-electron chi connectivity index (χ0n) is 17.8. The number of piperidine rings is 1. The Balaban J connectivity index is 1.41. The van der Waals surface area contributed by atoms with Gasteiger partial charge in [-0.05, 0) is 56.0 Å². The fourth-order valence-corrected chi connectivity index (χ4v) is 5.82. The van der Waals surface area contributed by atoms with E-state index < -0.39 is 10.0 Å². The van der Waals surface area contributed by atoms with Crippen molar-refractivity contribution in [2.24, 2.45) is 5.92 Å². The molecule has 1 unspecified atom stereocenters. The molecule has 2 aromatic carbocycles. The molecule has 1 aliphatic heterocycles. The van der Waals surface area contributed by atoms with Crippen LogP contribution in [0.15, 0.2) is 65.7 Å². The highest BCUT2D eigenvalue weighted by Crippen LogP contribution is 2.27. The van der Waals surface area contributed by atoms with Gasteiger partial charge in [-0.25, -0.2) is 8.42 Å². The molecule has 1 amide bonds. The van der Waals surface area contributed by atoms with Gasteiger partial charge in [-0.2, -0.15) is 4.31 Å². The minimum Gasteiger partial charge on any atom is -0.355 e. The van der Waals surface area contributed by atoms with E-state index in [4.69, 9.17) is 0 Å². The summed E-state index contributed by atoms with van der Waals surface area (Å²) in [7, 11) is -3.64. The molecule has 1 aliphatic rings. The van der Waals surface area contributed by atoms with E-state index in [2.05, 4.69) is 16.8 Å². The van der Waals surface area contributed by atoms with Crippen molar-refractivity contribution in [2.75, 3.05) is 19.6 Å². The highest BCUT2D eigenvalue weighted by Gasteiger charge is 2.33. The number of hydrogen-bond donors (Lipinski definition) is 1. The van der Waals surface area contributed by atoms with Gasteiger partial charge in [0.15, 0.2) is 0 Å². The van der Waals surface area contributed by atoms with Gasteiger partial charge in [0.25, 0.3) is 0 Å². The lowest BCUT2D eigenvalue weighted by atomic mass is 9.99. The number of aromatic nitrogens is 1. The normalized spacial score (nSPS) is 17.6. The fourth-order valence-electron chi connectivity index (χ4n) is 4.26. The first-order chi connectivity index (χ1) is 15.0. The lowest BCUT2D eigenvalue weighted by molar-refractivity contribution is -0.126. The number of amides is 1. The van der Waals surface area contributed by atoms with E-state index in [9.17, 15) is 13.2 Å². The Morgan fingerprint density at radius 3 is 2.71 bits per heavy atom. The zero-order chi connectivity index (χ0) is 21.8. The largest absolute Gasteiger partial charge is 0.355 e. The quantitative estimate of drug-likeness (QED) is 0.613. The molecule has 7 heteroatoms. The summed E-state index contributed by atoms with van der Waals surface area (Å²) in [5.74, 6) is -0.379. The van der Waals surface area contributed by atoms with Gasteiger partial charge in [0.1, 0.15) is 0 Å². The van der Waals surface area contributed by atoms with Crippen LogP contribution in [0.1, 0.15) is 25.3 Å². The molecular formula is C24H29N3O3S. The number of carbonyl (C=O) groups is 1. The smallest absolute Gasteiger partial charge is 0.243 e. The zero-order valence-corrected chi connectivity index (χ0v) is 18.6. The van der Waals surface area contributed by atoms with Crippen LogP contribution in [0.5, 0.6) is 0 Å². The highest BCUT2D eigenvalue weighted by molar-refractivity contribution is 7.89. The Hall–Kier alpha value is -2.64. The van der Waals surface area contributed by atoms with E-state index in [1.165, 1.54) is 9.87 Å². The van der Waals surface area contributed by atoms with Gasteiger partial charge in [-0.3, -0.25) is 4.79 Å². The summed E-state index contributed by atoms with van der Waals surface area (Å²) in [5, 5.41) is 3.89. The molecule has 0 spiro atoms. The van der Waals surface area contributed by atoms with Crippen molar-refractivity contribution in [3.63, 3.8) is 0 Å². The third-order valence-corrected chi connectivity index (χ3v) is 7.89. The predicted molar refractivity (Wildman–Crippen MR) is 122 cm³/mol. The number of hydrogen-bond acceptors (Lipinski definition) is 3. The molecule has 31 heavy (non-hydrogen) atoms. The second-order valence-electron chi connectivity index (χ2n) is 8.05. The van der Waals surface area contributed by atoms with E-state index in [0.29, 0.717) is 30.8 Å². The molecule has 1 saturated heterocycles. The van der Waals surface area contributed by atoms with Crippen LogP contribution < -0.4 is 5.32 Å². The van der Waals surface area contributed by atoms with Crippen LogP contribution in [-0.4, -0.2) is 42.8 Å². The molecule has 4 rings (SSSR count). The Bertz CT molecular complexity index is 1160. The number of aryl methyl sites for hydroxylation is 1. The van der Waals surface area contributed by atoms with Crippen LogP contribution >= 0.6 is 0 Å². The summed E-state index contributed by atoms with van der Waals surface area (Å²) in [4.78, 5) is 13.0. The SMILES string of the molecule is CCn1ccc2cc(S(=O)(=O)N3CCCC(C(=O)NCCc4ccccc4)C3)ccc21. The summed E-state index contributed by atoms with van der Waals surface area (Å²) in [6.45, 7) is 4.13. The number of rotatable bonds is 7. The van der Waals surface area contributed by atoms with Crippen LogP contribution in [-0.2, 0) is 27.8 Å². The summed E-state index contributed by atoms with van der Waals surface area (Å²) < 4.78 is 30.1. The summed E-state index contributed by atoms with van der Waals surface area (Å²) in [6.07, 6.45) is 4.13. The Kier molecular flexibility index (Phi) is 6.43. The van der Waals surface area contributed by atoms with Crippen molar-refractivity contribution in [2.45, 2.75) is 37.6 Å². The van der Waals surface area contributed by atoms with E-state index in [1.54, 1.807) is 12.1 Å². The third kappa shape index (κ3) is 4.67. The van der Waals surface area contributed by atoms with Crippen LogP contribution in [0.25, 0.3) is 10.9 Å². The Morgan fingerprint density at radius 2 is 1.94 bits per heavy atom. The molecular weight excluding hydrogens is 410 g/mol. The molecule has 0 aliphatic carbocycles. The maximum absolute atomic E-state index is 13.3. The first kappa shape index (κ1) is 21.6. The number of nitrogens with one attached hydrogen (secondary N) is 1. The molecule has 164 valence electrons. The average molecular weight is 440 g/mol. The van der Waals surface area contributed by atoms with Crippen molar-refractivity contribution in [3.05, 3.63) is 66.4 Å². The molecule has 6 nitrogen and oxygen atoms in total. The second kappa shape index (κ2) is 9.24. The van der Waals surface area contributed by atoms with E-state index in [-0.39, 0.29) is 18.4 Å². The van der Waals surface area contributed by atoms with Crippen molar-refractivity contribution in [3.8, 4) is 0 Å². The van der Waals surface area contributed by atoms with Gasteiger partial charge >= 0.3 is 0 Å². The molecule has 0 radical (unpaired) electrons. The molecule has 1 atom stereocenters. The van der Waals surface area contributed by atoms with Gasteiger partial charge in [-0.1, -0.05) is 30.3 Å². The van der Waals surface area contributed by atoms with Gasteiger partial charge < -0.3 is 9.88 Å². The summed E-state index contributed by atoms with van der Waals surface area (Å²) >= 11 is 0. The standard InChI is InChI=1S/C24H29N3O3S/c1-2-26-16-13-20-17-22(10-11-23(20)26)31(29,30)27-15-6-9-21(18-27)24(28)25-14-12-19-7-4-3-5-8-19/h3-5,7-8,10-11,13,16-17,21H,2,6,9,12,14-15,18H2,1H3,(H,25,28). The van der Waals surface area contributed by atoms with Crippen LogP contribution in [0.4, 0.5) is 0 Å². The number of carbonyl (C=O) groups excluding carboxylic acids is 1. The van der Waals surface area contributed by atoms with E-state index in [0.717, 1.165) is 23.9 Å². The Morgan fingerprint density at radius 1 is 1.13 bits per heavy atom. The average Bonchev–Trinajstić information content (AvgIpc) is 3.22. The monoisotopic (exact) mass is 439 g/mol. The lowest BCUT2D eigenvalue weighted by Crippen LogP contribution is -2.45. The second-order valence-corrected chi connectivity index (χ2v) is 9.99. The van der Waals surface area contributed by atoms with Crippen molar-refractivity contribution in [1.82, 2.24) is 14.2 Å². The number of sulfonamides is 1. The van der Waals surface area contributed by atoms with Crippen LogP contribution in [0, 0.1) is 5.92 Å². The maximum atomic E-state index is 13.3. The Labute approximate surface area is 183 Å². The van der Waals surface area contributed by atoms with Crippen molar-refractivity contribution >= 4 is 26.8 Å².